The van der Waals surface area contributed by atoms with Crippen LogP contribution >= 0.6 is 0 Å². The molecule has 2 N–H and O–H groups in total. The number of aryl methyl sites for hydroxylation is 2. The maximum absolute atomic E-state index is 12.8. The second-order valence-electron chi connectivity index (χ2n) is 3.83. The molecule has 0 aliphatic heterocycles. The topological polar surface area (TPSA) is 60.9 Å². The molecule has 1 aromatic heterocycles. The van der Waals surface area contributed by atoms with Crippen molar-refractivity contribution >= 4 is 0 Å². The Morgan fingerprint density at radius 2 is 2.06 bits per heavy atom. The summed E-state index contributed by atoms with van der Waals surface area (Å²) in [6.45, 7) is 2.86. The van der Waals surface area contributed by atoms with Crippen molar-refractivity contribution in [2.45, 2.75) is 32.5 Å². The van der Waals surface area contributed by atoms with Crippen LogP contribution in [0, 0.1) is 13.8 Å². The van der Waals surface area contributed by atoms with E-state index in [1.807, 2.05) is 0 Å². The highest BCUT2D eigenvalue weighted by atomic mass is 19.4. The first kappa shape index (κ1) is 13.7. The standard InChI is InChI=1S/C10H14F3N3O/c1-6-5-7(2)16(9(17)15-6)8(3-4-14)10(11,12)13/h5,8H,3-4,14H2,1-2H3. The van der Waals surface area contributed by atoms with E-state index in [0.29, 0.717) is 10.3 Å². The summed E-state index contributed by atoms with van der Waals surface area (Å²) in [4.78, 5) is 15.1. The normalized spacial score (nSPS) is 13.8. The van der Waals surface area contributed by atoms with E-state index in [-0.39, 0.29) is 18.7 Å². The van der Waals surface area contributed by atoms with E-state index in [2.05, 4.69) is 4.98 Å². The van der Waals surface area contributed by atoms with Crippen LogP contribution < -0.4 is 11.4 Å². The molecule has 1 unspecified atom stereocenters. The average Bonchev–Trinajstić information content (AvgIpc) is 2.13. The Kier molecular flexibility index (Phi) is 3.92. The maximum atomic E-state index is 12.8. The van der Waals surface area contributed by atoms with E-state index in [1.165, 1.54) is 13.0 Å². The first-order valence-electron chi connectivity index (χ1n) is 5.11. The zero-order valence-electron chi connectivity index (χ0n) is 9.58. The van der Waals surface area contributed by atoms with E-state index in [9.17, 15) is 18.0 Å². The van der Waals surface area contributed by atoms with Crippen molar-refractivity contribution in [1.29, 1.82) is 0 Å². The average molecular weight is 249 g/mol. The van der Waals surface area contributed by atoms with E-state index in [1.54, 1.807) is 6.92 Å². The Bertz CT molecular complexity index is 453. The van der Waals surface area contributed by atoms with E-state index in [4.69, 9.17) is 5.73 Å². The summed E-state index contributed by atoms with van der Waals surface area (Å²) in [7, 11) is 0. The summed E-state index contributed by atoms with van der Waals surface area (Å²) < 4.78 is 39.1. The Labute approximate surface area is 96.3 Å². The Balaban J connectivity index is 3.34. The fourth-order valence-electron chi connectivity index (χ4n) is 1.74. The summed E-state index contributed by atoms with van der Waals surface area (Å²) in [6.07, 6.45) is -4.85. The predicted octanol–water partition coefficient (Wildman–Crippen LogP) is 1.31. The lowest BCUT2D eigenvalue weighted by atomic mass is 10.2. The molecule has 0 spiro atoms. The maximum Gasteiger partial charge on any atom is 0.409 e. The number of rotatable bonds is 3. The van der Waals surface area contributed by atoms with Crippen molar-refractivity contribution in [2.24, 2.45) is 5.73 Å². The van der Waals surface area contributed by atoms with Gasteiger partial charge in [0.2, 0.25) is 0 Å². The van der Waals surface area contributed by atoms with Crippen LogP contribution in [0.25, 0.3) is 0 Å². The van der Waals surface area contributed by atoms with E-state index >= 15 is 0 Å². The van der Waals surface area contributed by atoms with E-state index in [0.717, 1.165) is 0 Å². The lowest BCUT2D eigenvalue weighted by Crippen LogP contribution is -2.38. The fraction of sp³-hybridized carbons (Fsp3) is 0.600. The number of aromatic nitrogens is 2. The molecule has 0 amide bonds. The van der Waals surface area contributed by atoms with Crippen LogP contribution in [0.3, 0.4) is 0 Å². The third kappa shape index (κ3) is 3.06. The molecule has 4 nitrogen and oxygen atoms in total. The first-order chi connectivity index (χ1) is 7.77. The van der Waals surface area contributed by atoms with Gasteiger partial charge in [-0.2, -0.15) is 18.2 Å². The highest BCUT2D eigenvalue weighted by Gasteiger charge is 2.41. The highest BCUT2D eigenvalue weighted by Crippen LogP contribution is 2.32. The van der Waals surface area contributed by atoms with Gasteiger partial charge in [0.1, 0.15) is 6.04 Å². The Morgan fingerprint density at radius 1 is 1.47 bits per heavy atom. The first-order valence-corrected chi connectivity index (χ1v) is 5.11. The molecule has 1 aromatic rings. The zero-order chi connectivity index (χ0) is 13.2. The van der Waals surface area contributed by atoms with Crippen molar-refractivity contribution in [3.63, 3.8) is 0 Å². The second kappa shape index (κ2) is 4.87. The monoisotopic (exact) mass is 249 g/mol. The molecular weight excluding hydrogens is 235 g/mol. The largest absolute Gasteiger partial charge is 0.409 e. The number of nitrogens with two attached hydrogens (primary N) is 1. The van der Waals surface area contributed by atoms with Gasteiger partial charge >= 0.3 is 11.9 Å². The summed E-state index contributed by atoms with van der Waals surface area (Å²) in [6, 6.07) is -0.468. The minimum absolute atomic E-state index is 0.149. The van der Waals surface area contributed by atoms with Gasteiger partial charge in [0.05, 0.1) is 0 Å². The predicted molar refractivity (Wildman–Crippen MR) is 56.7 cm³/mol. The van der Waals surface area contributed by atoms with Gasteiger partial charge in [-0.15, -0.1) is 0 Å². The Morgan fingerprint density at radius 3 is 2.47 bits per heavy atom. The molecule has 0 aliphatic rings. The van der Waals surface area contributed by atoms with Crippen LogP contribution in [0.1, 0.15) is 23.9 Å². The van der Waals surface area contributed by atoms with Gasteiger partial charge in [0.15, 0.2) is 0 Å². The quantitative estimate of drug-likeness (QED) is 0.878. The highest BCUT2D eigenvalue weighted by molar-refractivity contribution is 5.08. The zero-order valence-corrected chi connectivity index (χ0v) is 9.58. The minimum Gasteiger partial charge on any atom is -0.330 e. The molecule has 0 bridgehead atoms. The molecule has 0 radical (unpaired) electrons. The molecular formula is C10H14F3N3O. The Hall–Kier alpha value is -1.37. The van der Waals surface area contributed by atoms with Crippen molar-refractivity contribution in [3.05, 3.63) is 27.9 Å². The van der Waals surface area contributed by atoms with Gasteiger partial charge in [0.25, 0.3) is 0 Å². The summed E-state index contributed by atoms with van der Waals surface area (Å²) in [5.41, 5.74) is 4.90. The van der Waals surface area contributed by atoms with Crippen LogP contribution in [0.15, 0.2) is 10.9 Å². The number of hydrogen-bond donors (Lipinski definition) is 1. The third-order valence-corrected chi connectivity index (χ3v) is 2.41. The number of hydrogen-bond acceptors (Lipinski definition) is 3. The summed E-state index contributed by atoms with van der Waals surface area (Å²) in [5.74, 6) is 0. The summed E-state index contributed by atoms with van der Waals surface area (Å²) >= 11 is 0. The van der Waals surface area contributed by atoms with Crippen LogP contribution in [0.4, 0.5) is 13.2 Å². The minimum atomic E-state index is -4.51. The fourth-order valence-corrected chi connectivity index (χ4v) is 1.74. The van der Waals surface area contributed by atoms with Crippen LogP contribution in [0.2, 0.25) is 0 Å². The molecule has 0 saturated heterocycles. The SMILES string of the molecule is Cc1cc(C)n(C(CCN)C(F)(F)F)c(=O)n1. The van der Waals surface area contributed by atoms with Crippen LogP contribution in [0.5, 0.6) is 0 Å². The van der Waals surface area contributed by atoms with Crippen molar-refractivity contribution in [1.82, 2.24) is 9.55 Å². The molecule has 7 heteroatoms. The molecule has 1 atom stereocenters. The smallest absolute Gasteiger partial charge is 0.330 e. The van der Waals surface area contributed by atoms with Crippen molar-refractivity contribution in [3.8, 4) is 0 Å². The molecule has 0 aliphatic carbocycles. The van der Waals surface area contributed by atoms with Crippen molar-refractivity contribution < 1.29 is 13.2 Å². The van der Waals surface area contributed by atoms with Gasteiger partial charge in [-0.1, -0.05) is 0 Å². The third-order valence-electron chi connectivity index (χ3n) is 2.41. The van der Waals surface area contributed by atoms with Gasteiger partial charge in [-0.25, -0.2) is 4.79 Å². The number of nitrogens with zero attached hydrogens (tertiary/aromatic N) is 2. The molecule has 17 heavy (non-hydrogen) atoms. The van der Waals surface area contributed by atoms with Crippen LogP contribution in [-0.4, -0.2) is 22.3 Å². The molecule has 0 saturated carbocycles. The van der Waals surface area contributed by atoms with Crippen LogP contribution in [-0.2, 0) is 0 Å². The number of alkyl halides is 3. The lowest BCUT2D eigenvalue weighted by molar-refractivity contribution is -0.170. The molecule has 1 rings (SSSR count). The van der Waals surface area contributed by atoms with Gasteiger partial charge in [0, 0.05) is 11.4 Å². The van der Waals surface area contributed by atoms with Gasteiger partial charge in [-0.05, 0) is 32.9 Å². The second-order valence-corrected chi connectivity index (χ2v) is 3.83. The molecule has 0 aromatic carbocycles. The van der Waals surface area contributed by atoms with Gasteiger partial charge < -0.3 is 5.73 Å². The molecule has 1 heterocycles. The molecule has 0 fully saturated rings. The summed E-state index contributed by atoms with van der Waals surface area (Å²) in [5, 5.41) is 0. The van der Waals surface area contributed by atoms with Crippen molar-refractivity contribution in [2.75, 3.05) is 6.54 Å². The van der Waals surface area contributed by atoms with E-state index < -0.39 is 17.9 Å². The molecule has 96 valence electrons. The van der Waals surface area contributed by atoms with Gasteiger partial charge in [-0.3, -0.25) is 4.57 Å². The number of halogens is 3. The lowest BCUT2D eigenvalue weighted by Gasteiger charge is -2.23.